The second kappa shape index (κ2) is 7.68. The van der Waals surface area contributed by atoms with Crippen molar-refractivity contribution >= 4 is 33.2 Å². The zero-order valence-corrected chi connectivity index (χ0v) is 11.7. The third-order valence-electron chi connectivity index (χ3n) is 2.15. The highest BCUT2D eigenvalue weighted by molar-refractivity contribution is 9.09. The second-order valence-corrected chi connectivity index (χ2v) is 5.03. The van der Waals surface area contributed by atoms with Gasteiger partial charge in [0, 0.05) is 11.9 Å². The van der Waals surface area contributed by atoms with Gasteiger partial charge in [-0.2, -0.15) is 0 Å². The highest BCUT2D eigenvalue weighted by Gasteiger charge is 2.12. The number of halogens is 1. The third-order valence-corrected chi connectivity index (χ3v) is 3.61. The highest BCUT2D eigenvalue weighted by Crippen LogP contribution is 2.23. The monoisotopic (exact) mass is 305 g/mol. The van der Waals surface area contributed by atoms with Gasteiger partial charge in [-0.1, -0.05) is 22.4 Å². The van der Waals surface area contributed by atoms with Gasteiger partial charge in [0.05, 0.1) is 7.11 Å². The number of rotatable bonds is 7. The van der Waals surface area contributed by atoms with Gasteiger partial charge in [0.15, 0.2) is 0 Å². The molecule has 16 heavy (non-hydrogen) atoms. The lowest BCUT2D eigenvalue weighted by Crippen LogP contribution is -2.23. The molecule has 1 aromatic rings. The molecule has 0 fully saturated rings. The maximum Gasteiger partial charge on any atom is 0.265 e. The number of hydrogen-bond donors (Lipinski definition) is 1. The SMILES string of the molecule is COc1ccsc1C(=O)NCCCCCBr. The summed E-state index contributed by atoms with van der Waals surface area (Å²) in [7, 11) is 1.58. The average molecular weight is 306 g/mol. The summed E-state index contributed by atoms with van der Waals surface area (Å²) < 4.78 is 5.09. The van der Waals surface area contributed by atoms with Gasteiger partial charge < -0.3 is 10.1 Å². The minimum atomic E-state index is -0.0364. The lowest BCUT2D eigenvalue weighted by molar-refractivity contribution is 0.0954. The van der Waals surface area contributed by atoms with E-state index >= 15 is 0 Å². The van der Waals surface area contributed by atoms with Crippen LogP contribution in [0.3, 0.4) is 0 Å². The Morgan fingerprint density at radius 2 is 2.31 bits per heavy atom. The molecule has 1 N–H and O–H groups in total. The Morgan fingerprint density at radius 3 is 3.00 bits per heavy atom. The molecule has 0 aliphatic heterocycles. The van der Waals surface area contributed by atoms with Crippen molar-refractivity contribution in [1.29, 1.82) is 0 Å². The molecule has 0 bridgehead atoms. The van der Waals surface area contributed by atoms with E-state index in [0.29, 0.717) is 10.6 Å². The topological polar surface area (TPSA) is 38.3 Å². The van der Waals surface area contributed by atoms with Crippen molar-refractivity contribution in [3.8, 4) is 5.75 Å². The van der Waals surface area contributed by atoms with E-state index in [9.17, 15) is 4.79 Å². The van der Waals surface area contributed by atoms with Gasteiger partial charge in [-0.15, -0.1) is 11.3 Å². The maximum absolute atomic E-state index is 11.7. The predicted octanol–water partition coefficient (Wildman–Crippen LogP) is 3.05. The van der Waals surface area contributed by atoms with E-state index in [1.165, 1.54) is 11.3 Å². The van der Waals surface area contributed by atoms with Crippen LogP contribution < -0.4 is 10.1 Å². The van der Waals surface area contributed by atoms with Crippen molar-refractivity contribution in [2.75, 3.05) is 19.0 Å². The lowest BCUT2D eigenvalue weighted by Gasteiger charge is -2.04. The predicted molar refractivity (Wildman–Crippen MR) is 70.8 cm³/mol. The number of carbonyl (C=O) groups is 1. The number of thiophene rings is 1. The molecule has 90 valence electrons. The van der Waals surface area contributed by atoms with Crippen LogP contribution in [0, 0.1) is 0 Å². The Balaban J connectivity index is 2.30. The number of nitrogens with one attached hydrogen (secondary N) is 1. The Kier molecular flexibility index (Phi) is 6.49. The second-order valence-electron chi connectivity index (χ2n) is 3.32. The van der Waals surface area contributed by atoms with Crippen molar-refractivity contribution in [2.24, 2.45) is 0 Å². The lowest BCUT2D eigenvalue weighted by atomic mass is 10.2. The van der Waals surface area contributed by atoms with Gasteiger partial charge in [0.25, 0.3) is 5.91 Å². The van der Waals surface area contributed by atoms with Crippen LogP contribution in [0.1, 0.15) is 28.9 Å². The Bertz CT molecular complexity index is 328. The Morgan fingerprint density at radius 1 is 1.50 bits per heavy atom. The zero-order valence-electron chi connectivity index (χ0n) is 9.29. The molecule has 0 unspecified atom stereocenters. The quantitative estimate of drug-likeness (QED) is 0.621. The average Bonchev–Trinajstić information content (AvgIpc) is 2.76. The maximum atomic E-state index is 11.7. The standard InChI is InChI=1S/C11H16BrNO2S/c1-15-9-5-8-16-10(9)11(14)13-7-4-2-3-6-12/h5,8H,2-4,6-7H2,1H3,(H,13,14). The molecule has 0 radical (unpaired) electrons. The van der Waals surface area contributed by atoms with Gasteiger partial charge in [-0.3, -0.25) is 4.79 Å². The number of amides is 1. The molecule has 0 spiro atoms. The van der Waals surface area contributed by atoms with Gasteiger partial charge in [0.1, 0.15) is 10.6 Å². The fourth-order valence-electron chi connectivity index (χ4n) is 1.30. The van der Waals surface area contributed by atoms with E-state index in [2.05, 4.69) is 21.2 Å². The minimum absolute atomic E-state index is 0.0364. The number of alkyl halides is 1. The first-order valence-corrected chi connectivity index (χ1v) is 7.25. The van der Waals surface area contributed by atoms with Crippen LogP contribution in [0.25, 0.3) is 0 Å². The van der Waals surface area contributed by atoms with Crippen LogP contribution in [-0.2, 0) is 0 Å². The van der Waals surface area contributed by atoms with Gasteiger partial charge in [-0.25, -0.2) is 0 Å². The van der Waals surface area contributed by atoms with Crippen LogP contribution in [-0.4, -0.2) is 24.9 Å². The van der Waals surface area contributed by atoms with Gasteiger partial charge >= 0.3 is 0 Å². The molecule has 1 rings (SSSR count). The Hall–Kier alpha value is -0.550. The summed E-state index contributed by atoms with van der Waals surface area (Å²) in [5.41, 5.74) is 0. The van der Waals surface area contributed by atoms with E-state index in [1.807, 2.05) is 11.4 Å². The van der Waals surface area contributed by atoms with E-state index in [0.717, 1.165) is 31.1 Å². The molecule has 0 aromatic carbocycles. The summed E-state index contributed by atoms with van der Waals surface area (Å²) in [6.07, 6.45) is 3.30. The van der Waals surface area contributed by atoms with Crippen molar-refractivity contribution in [3.63, 3.8) is 0 Å². The van der Waals surface area contributed by atoms with Crippen LogP contribution in [0.5, 0.6) is 5.75 Å². The molecule has 3 nitrogen and oxygen atoms in total. The van der Waals surface area contributed by atoms with Crippen molar-refractivity contribution in [2.45, 2.75) is 19.3 Å². The number of carbonyl (C=O) groups excluding carboxylic acids is 1. The molecule has 1 heterocycles. The Labute approximate surface area is 108 Å². The van der Waals surface area contributed by atoms with Crippen molar-refractivity contribution in [3.05, 3.63) is 16.3 Å². The largest absolute Gasteiger partial charge is 0.495 e. The van der Waals surface area contributed by atoms with Crippen LogP contribution >= 0.6 is 27.3 Å². The fourth-order valence-corrected chi connectivity index (χ4v) is 2.47. The van der Waals surface area contributed by atoms with Crippen molar-refractivity contribution in [1.82, 2.24) is 5.32 Å². The number of unbranched alkanes of at least 4 members (excludes halogenated alkanes) is 2. The summed E-state index contributed by atoms with van der Waals surface area (Å²) in [5.74, 6) is 0.619. The van der Waals surface area contributed by atoms with Gasteiger partial charge in [-0.05, 0) is 24.3 Å². The third kappa shape index (κ3) is 4.14. The molecular formula is C11H16BrNO2S. The molecule has 0 saturated carbocycles. The van der Waals surface area contributed by atoms with Crippen LogP contribution in [0.2, 0.25) is 0 Å². The summed E-state index contributed by atoms with van der Waals surface area (Å²) in [5, 5.41) is 5.78. The van der Waals surface area contributed by atoms with Gasteiger partial charge in [0.2, 0.25) is 0 Å². The first-order valence-electron chi connectivity index (χ1n) is 5.25. The van der Waals surface area contributed by atoms with E-state index in [4.69, 9.17) is 4.74 Å². The molecular weight excluding hydrogens is 290 g/mol. The summed E-state index contributed by atoms with van der Waals surface area (Å²) >= 11 is 4.78. The molecule has 0 atom stereocenters. The van der Waals surface area contributed by atoms with Crippen LogP contribution in [0.15, 0.2) is 11.4 Å². The molecule has 1 aromatic heterocycles. The molecule has 0 aliphatic carbocycles. The smallest absolute Gasteiger partial charge is 0.265 e. The van der Waals surface area contributed by atoms with E-state index in [1.54, 1.807) is 7.11 Å². The first kappa shape index (κ1) is 13.5. The molecule has 5 heteroatoms. The molecule has 0 saturated heterocycles. The number of methoxy groups -OCH3 is 1. The summed E-state index contributed by atoms with van der Waals surface area (Å²) in [6, 6.07) is 1.81. The van der Waals surface area contributed by atoms with E-state index in [-0.39, 0.29) is 5.91 Å². The highest BCUT2D eigenvalue weighted by atomic mass is 79.9. The summed E-state index contributed by atoms with van der Waals surface area (Å²) in [6.45, 7) is 0.729. The molecule has 0 aliphatic rings. The van der Waals surface area contributed by atoms with Crippen molar-refractivity contribution < 1.29 is 9.53 Å². The minimum Gasteiger partial charge on any atom is -0.495 e. The van der Waals surface area contributed by atoms with Crippen LogP contribution in [0.4, 0.5) is 0 Å². The summed E-state index contributed by atoms with van der Waals surface area (Å²) in [4.78, 5) is 12.4. The first-order chi connectivity index (χ1) is 7.79. The van der Waals surface area contributed by atoms with E-state index < -0.39 is 0 Å². The normalized spacial score (nSPS) is 10.1. The number of hydrogen-bond acceptors (Lipinski definition) is 3. The zero-order chi connectivity index (χ0) is 11.8. The molecule has 1 amide bonds. The fraction of sp³-hybridized carbons (Fsp3) is 0.545. The number of ether oxygens (including phenoxy) is 1.